The second-order valence-corrected chi connectivity index (χ2v) is 5.15. The van der Waals surface area contributed by atoms with Crippen LogP contribution < -0.4 is 4.74 Å². The van der Waals surface area contributed by atoms with E-state index < -0.39 is 0 Å². The van der Waals surface area contributed by atoms with Crippen LogP contribution in [-0.2, 0) is 0 Å². The fourth-order valence-electron chi connectivity index (χ4n) is 2.15. The number of hydrogen-bond donors (Lipinski definition) is 2. The quantitative estimate of drug-likeness (QED) is 0.655. The molecule has 0 saturated carbocycles. The SMILES string of the molecule is CCOc1cc(/C=N/N=C/c2cc(C)c(O)c(C)c2)ccc1O. The molecule has 0 aliphatic carbocycles. The lowest BCUT2D eigenvalue weighted by atomic mass is 10.1. The van der Waals surface area contributed by atoms with Crippen LogP contribution in [0.5, 0.6) is 17.2 Å². The third-order valence-electron chi connectivity index (χ3n) is 3.28. The van der Waals surface area contributed by atoms with Crippen LogP contribution in [0.3, 0.4) is 0 Å². The first-order valence-corrected chi connectivity index (χ1v) is 7.33. The highest BCUT2D eigenvalue weighted by molar-refractivity contribution is 5.84. The molecule has 23 heavy (non-hydrogen) atoms. The summed E-state index contributed by atoms with van der Waals surface area (Å²) in [5, 5.41) is 27.4. The van der Waals surface area contributed by atoms with Gasteiger partial charge in [0, 0.05) is 0 Å². The summed E-state index contributed by atoms with van der Waals surface area (Å²) in [6.45, 7) is 6.02. The van der Waals surface area contributed by atoms with Gasteiger partial charge in [-0.3, -0.25) is 0 Å². The standard InChI is InChI=1S/C18H20N2O3/c1-4-23-17-9-14(5-6-16(17)21)10-19-20-11-15-7-12(2)18(22)13(3)8-15/h5-11,21-22H,4H2,1-3H3/b19-10+,20-11+. The van der Waals surface area contributed by atoms with Crippen molar-refractivity contribution in [2.75, 3.05) is 6.61 Å². The summed E-state index contributed by atoms with van der Waals surface area (Å²) < 4.78 is 5.32. The van der Waals surface area contributed by atoms with Crippen molar-refractivity contribution in [1.82, 2.24) is 0 Å². The van der Waals surface area contributed by atoms with E-state index in [1.807, 2.05) is 32.9 Å². The summed E-state index contributed by atoms with van der Waals surface area (Å²) in [6, 6.07) is 8.67. The van der Waals surface area contributed by atoms with Crippen molar-refractivity contribution in [2.24, 2.45) is 10.2 Å². The van der Waals surface area contributed by atoms with Crippen molar-refractivity contribution in [3.8, 4) is 17.2 Å². The average Bonchev–Trinajstić information content (AvgIpc) is 2.52. The van der Waals surface area contributed by atoms with Crippen LogP contribution in [0.1, 0.15) is 29.2 Å². The Labute approximate surface area is 135 Å². The number of ether oxygens (including phenoxy) is 1. The van der Waals surface area contributed by atoms with E-state index in [1.165, 1.54) is 0 Å². The monoisotopic (exact) mass is 312 g/mol. The van der Waals surface area contributed by atoms with Crippen molar-refractivity contribution in [3.05, 3.63) is 52.6 Å². The number of rotatable bonds is 5. The highest BCUT2D eigenvalue weighted by atomic mass is 16.5. The maximum absolute atomic E-state index is 9.74. The third-order valence-corrected chi connectivity index (χ3v) is 3.28. The molecular formula is C18H20N2O3. The van der Waals surface area contributed by atoms with Gasteiger partial charge in [0.2, 0.25) is 0 Å². The van der Waals surface area contributed by atoms with E-state index in [9.17, 15) is 10.2 Å². The molecule has 0 spiro atoms. The van der Waals surface area contributed by atoms with Gasteiger partial charge in [0.25, 0.3) is 0 Å². The van der Waals surface area contributed by atoms with Gasteiger partial charge in [-0.2, -0.15) is 10.2 Å². The van der Waals surface area contributed by atoms with Gasteiger partial charge in [-0.25, -0.2) is 0 Å². The Hall–Kier alpha value is -2.82. The van der Waals surface area contributed by atoms with Gasteiger partial charge in [-0.1, -0.05) is 0 Å². The van der Waals surface area contributed by atoms with Crippen LogP contribution in [-0.4, -0.2) is 29.2 Å². The summed E-state index contributed by atoms with van der Waals surface area (Å²) in [5.41, 5.74) is 3.25. The Morgan fingerprint density at radius 3 is 2.17 bits per heavy atom. The minimum absolute atomic E-state index is 0.0996. The molecular weight excluding hydrogens is 292 g/mol. The van der Waals surface area contributed by atoms with Gasteiger partial charge in [-0.15, -0.1) is 0 Å². The topological polar surface area (TPSA) is 74.4 Å². The molecule has 0 bridgehead atoms. The summed E-state index contributed by atoms with van der Waals surface area (Å²) >= 11 is 0. The van der Waals surface area contributed by atoms with E-state index in [2.05, 4.69) is 10.2 Å². The first-order valence-electron chi connectivity index (χ1n) is 7.33. The second kappa shape index (κ2) is 7.45. The predicted molar refractivity (Wildman–Crippen MR) is 92.0 cm³/mol. The van der Waals surface area contributed by atoms with Gasteiger partial charge in [0.1, 0.15) is 5.75 Å². The van der Waals surface area contributed by atoms with Crippen LogP contribution >= 0.6 is 0 Å². The molecule has 2 N–H and O–H groups in total. The van der Waals surface area contributed by atoms with Gasteiger partial charge >= 0.3 is 0 Å². The maximum Gasteiger partial charge on any atom is 0.161 e. The van der Waals surface area contributed by atoms with E-state index in [0.717, 1.165) is 22.3 Å². The Morgan fingerprint density at radius 1 is 0.957 bits per heavy atom. The van der Waals surface area contributed by atoms with Crippen LogP contribution in [0.25, 0.3) is 0 Å². The van der Waals surface area contributed by atoms with Crippen molar-refractivity contribution in [1.29, 1.82) is 0 Å². The largest absolute Gasteiger partial charge is 0.507 e. The molecule has 0 aliphatic heterocycles. The molecule has 0 aromatic heterocycles. The molecule has 5 nitrogen and oxygen atoms in total. The number of aryl methyl sites for hydroxylation is 2. The Bertz CT molecular complexity index is 729. The first-order chi connectivity index (χ1) is 11.0. The number of aromatic hydroxyl groups is 2. The molecule has 0 radical (unpaired) electrons. The van der Waals surface area contributed by atoms with E-state index in [4.69, 9.17) is 4.74 Å². The number of benzene rings is 2. The summed E-state index contributed by atoms with van der Waals surface area (Å²) in [6.07, 6.45) is 3.21. The van der Waals surface area contributed by atoms with Crippen molar-refractivity contribution in [3.63, 3.8) is 0 Å². The van der Waals surface area contributed by atoms with E-state index in [0.29, 0.717) is 18.1 Å². The molecule has 2 aromatic rings. The number of hydrogen-bond acceptors (Lipinski definition) is 5. The Kier molecular flexibility index (Phi) is 5.36. The van der Waals surface area contributed by atoms with Crippen molar-refractivity contribution in [2.45, 2.75) is 20.8 Å². The summed E-state index contributed by atoms with van der Waals surface area (Å²) in [4.78, 5) is 0. The van der Waals surface area contributed by atoms with Crippen molar-refractivity contribution >= 4 is 12.4 Å². The Balaban J connectivity index is 2.11. The normalized spacial score (nSPS) is 11.4. The third kappa shape index (κ3) is 4.32. The molecule has 120 valence electrons. The number of phenolic OH excluding ortho intramolecular Hbond substituents is 2. The highest BCUT2D eigenvalue weighted by Crippen LogP contribution is 2.26. The molecule has 5 heteroatoms. The lowest BCUT2D eigenvalue weighted by Gasteiger charge is -2.05. The zero-order valence-corrected chi connectivity index (χ0v) is 13.4. The molecule has 2 aromatic carbocycles. The van der Waals surface area contributed by atoms with E-state index in [1.54, 1.807) is 30.6 Å². The Morgan fingerprint density at radius 2 is 1.57 bits per heavy atom. The van der Waals surface area contributed by atoms with Crippen LogP contribution in [0.2, 0.25) is 0 Å². The highest BCUT2D eigenvalue weighted by Gasteiger charge is 2.02. The number of phenols is 2. The molecule has 0 atom stereocenters. The average molecular weight is 312 g/mol. The van der Waals surface area contributed by atoms with E-state index >= 15 is 0 Å². The minimum Gasteiger partial charge on any atom is -0.507 e. The molecule has 0 saturated heterocycles. The van der Waals surface area contributed by atoms with Gasteiger partial charge in [-0.05, 0) is 73.4 Å². The van der Waals surface area contributed by atoms with Crippen molar-refractivity contribution < 1.29 is 14.9 Å². The van der Waals surface area contributed by atoms with Gasteiger partial charge < -0.3 is 14.9 Å². The van der Waals surface area contributed by atoms with E-state index in [-0.39, 0.29) is 5.75 Å². The van der Waals surface area contributed by atoms with Crippen LogP contribution in [0.15, 0.2) is 40.5 Å². The lowest BCUT2D eigenvalue weighted by Crippen LogP contribution is -1.93. The smallest absolute Gasteiger partial charge is 0.161 e. The van der Waals surface area contributed by atoms with Crippen LogP contribution in [0.4, 0.5) is 0 Å². The van der Waals surface area contributed by atoms with Gasteiger partial charge in [0.15, 0.2) is 11.5 Å². The number of nitrogens with zero attached hydrogens (tertiary/aromatic N) is 2. The first kappa shape index (κ1) is 16.5. The molecule has 0 fully saturated rings. The maximum atomic E-state index is 9.74. The fraction of sp³-hybridized carbons (Fsp3) is 0.222. The summed E-state index contributed by atoms with van der Waals surface area (Å²) in [5.74, 6) is 0.825. The molecule has 0 heterocycles. The minimum atomic E-state index is 0.0996. The molecule has 0 amide bonds. The summed E-state index contributed by atoms with van der Waals surface area (Å²) in [7, 11) is 0. The molecule has 2 rings (SSSR count). The predicted octanol–water partition coefficient (Wildman–Crippen LogP) is 3.57. The van der Waals surface area contributed by atoms with Gasteiger partial charge in [0.05, 0.1) is 19.0 Å². The fourth-order valence-corrected chi connectivity index (χ4v) is 2.15. The second-order valence-electron chi connectivity index (χ2n) is 5.15. The molecule has 0 aliphatic rings. The molecule has 0 unspecified atom stereocenters. The lowest BCUT2D eigenvalue weighted by molar-refractivity contribution is 0.318. The van der Waals surface area contributed by atoms with Crippen LogP contribution in [0, 0.1) is 13.8 Å². The zero-order chi connectivity index (χ0) is 16.8. The zero-order valence-electron chi connectivity index (χ0n) is 13.4.